The van der Waals surface area contributed by atoms with Gasteiger partial charge in [0.05, 0.1) is 10.6 Å². The van der Waals surface area contributed by atoms with Crippen LogP contribution in [0.5, 0.6) is 0 Å². The standard InChI is InChI=1S/C20H28N4O3S2/c1-14-9-15(2)11-24(10-14)12-17-13-28-20(21-17)22-19(25)16-5-7-18(8-6-16)29(26,27)23(3)4/h5-8,13-15H,9-12H2,1-4H3,(H,21,22,25). The topological polar surface area (TPSA) is 82.6 Å². The van der Waals surface area contributed by atoms with Crippen LogP contribution in [0.4, 0.5) is 5.13 Å². The highest BCUT2D eigenvalue weighted by molar-refractivity contribution is 7.89. The van der Waals surface area contributed by atoms with E-state index in [2.05, 4.69) is 29.0 Å². The van der Waals surface area contributed by atoms with Crippen LogP contribution in [0, 0.1) is 11.8 Å². The average Bonchev–Trinajstić information content (AvgIpc) is 3.07. The molecule has 1 fully saturated rings. The van der Waals surface area contributed by atoms with Crippen molar-refractivity contribution in [3.05, 3.63) is 40.9 Å². The van der Waals surface area contributed by atoms with E-state index in [0.717, 1.165) is 29.6 Å². The summed E-state index contributed by atoms with van der Waals surface area (Å²) in [7, 11) is -0.564. The van der Waals surface area contributed by atoms with Crippen molar-refractivity contribution in [3.8, 4) is 0 Å². The van der Waals surface area contributed by atoms with Gasteiger partial charge < -0.3 is 0 Å². The van der Waals surface area contributed by atoms with Crippen LogP contribution >= 0.6 is 11.3 Å². The van der Waals surface area contributed by atoms with Gasteiger partial charge in [-0.15, -0.1) is 11.3 Å². The van der Waals surface area contributed by atoms with E-state index in [1.165, 1.54) is 56.1 Å². The number of nitrogens with zero attached hydrogens (tertiary/aromatic N) is 3. The third-order valence-electron chi connectivity index (χ3n) is 5.00. The smallest absolute Gasteiger partial charge is 0.257 e. The Bertz CT molecular complexity index is 944. The maximum absolute atomic E-state index is 12.5. The number of thiazole rings is 1. The van der Waals surface area contributed by atoms with E-state index >= 15 is 0 Å². The summed E-state index contributed by atoms with van der Waals surface area (Å²) < 4.78 is 25.4. The molecule has 7 nitrogen and oxygen atoms in total. The first-order valence-corrected chi connectivity index (χ1v) is 12.0. The number of benzene rings is 1. The molecule has 0 saturated carbocycles. The molecule has 2 unspecified atom stereocenters. The van der Waals surface area contributed by atoms with E-state index in [4.69, 9.17) is 0 Å². The fourth-order valence-corrected chi connectivity index (χ4v) is 5.34. The van der Waals surface area contributed by atoms with Crippen LogP contribution in [0.3, 0.4) is 0 Å². The highest BCUT2D eigenvalue weighted by Gasteiger charge is 2.22. The van der Waals surface area contributed by atoms with Crippen molar-refractivity contribution in [3.63, 3.8) is 0 Å². The van der Waals surface area contributed by atoms with Crippen LogP contribution in [0.1, 0.15) is 36.3 Å². The van der Waals surface area contributed by atoms with Crippen molar-refractivity contribution >= 4 is 32.4 Å². The number of aromatic nitrogens is 1. The molecule has 2 atom stereocenters. The van der Waals surface area contributed by atoms with Gasteiger partial charge in [0.2, 0.25) is 10.0 Å². The molecule has 1 N–H and O–H groups in total. The first-order valence-electron chi connectivity index (χ1n) is 9.66. The van der Waals surface area contributed by atoms with Crippen LogP contribution in [-0.4, -0.2) is 55.7 Å². The zero-order chi connectivity index (χ0) is 21.2. The number of piperidine rings is 1. The quantitative estimate of drug-likeness (QED) is 0.752. The number of sulfonamides is 1. The normalized spacial score (nSPS) is 20.7. The van der Waals surface area contributed by atoms with Gasteiger partial charge in [0, 0.05) is 44.7 Å². The summed E-state index contributed by atoms with van der Waals surface area (Å²) in [6.07, 6.45) is 1.27. The number of rotatable bonds is 6. The number of nitrogens with one attached hydrogen (secondary N) is 1. The molecule has 1 aliphatic heterocycles. The largest absolute Gasteiger partial charge is 0.298 e. The molecule has 29 heavy (non-hydrogen) atoms. The molecule has 2 heterocycles. The Morgan fingerprint density at radius 1 is 1.21 bits per heavy atom. The Balaban J connectivity index is 1.61. The molecular formula is C20H28N4O3S2. The fourth-order valence-electron chi connectivity index (χ4n) is 3.75. The van der Waals surface area contributed by atoms with E-state index in [1.807, 2.05) is 5.38 Å². The highest BCUT2D eigenvalue weighted by Crippen LogP contribution is 2.24. The molecule has 0 spiro atoms. The lowest BCUT2D eigenvalue weighted by Crippen LogP contribution is -2.38. The first kappa shape index (κ1) is 21.9. The summed E-state index contributed by atoms with van der Waals surface area (Å²) in [5.41, 5.74) is 1.34. The van der Waals surface area contributed by atoms with E-state index in [9.17, 15) is 13.2 Å². The molecule has 1 saturated heterocycles. The predicted molar refractivity (Wildman–Crippen MR) is 116 cm³/mol. The van der Waals surface area contributed by atoms with E-state index < -0.39 is 10.0 Å². The number of hydrogen-bond acceptors (Lipinski definition) is 6. The van der Waals surface area contributed by atoms with E-state index in [-0.39, 0.29) is 10.8 Å². The molecule has 0 aliphatic carbocycles. The third-order valence-corrected chi connectivity index (χ3v) is 7.63. The second kappa shape index (κ2) is 8.91. The second-order valence-corrected chi connectivity index (χ2v) is 11.1. The Morgan fingerprint density at radius 2 is 1.83 bits per heavy atom. The van der Waals surface area contributed by atoms with Crippen molar-refractivity contribution in [2.45, 2.75) is 31.7 Å². The summed E-state index contributed by atoms with van der Waals surface area (Å²) in [6, 6.07) is 5.90. The first-order chi connectivity index (χ1) is 13.6. The Hall–Kier alpha value is -1.81. The number of carbonyl (C=O) groups excluding carboxylic acids is 1. The van der Waals surface area contributed by atoms with Crippen molar-refractivity contribution < 1.29 is 13.2 Å². The number of amides is 1. The molecule has 1 aromatic carbocycles. The molecule has 3 rings (SSSR count). The minimum absolute atomic E-state index is 0.153. The van der Waals surface area contributed by atoms with Gasteiger partial charge in [-0.3, -0.25) is 15.0 Å². The summed E-state index contributed by atoms with van der Waals surface area (Å²) in [5, 5.41) is 5.33. The summed E-state index contributed by atoms with van der Waals surface area (Å²) >= 11 is 1.40. The molecule has 9 heteroatoms. The summed E-state index contributed by atoms with van der Waals surface area (Å²) in [4.78, 5) is 19.6. The SMILES string of the molecule is CC1CC(C)CN(Cc2csc(NC(=O)c3ccc(S(=O)(=O)N(C)C)cc3)n2)C1. The maximum Gasteiger partial charge on any atom is 0.257 e. The van der Waals surface area contributed by atoms with Crippen LogP contribution in [0.15, 0.2) is 34.5 Å². The van der Waals surface area contributed by atoms with Gasteiger partial charge in [-0.25, -0.2) is 17.7 Å². The van der Waals surface area contributed by atoms with Gasteiger partial charge >= 0.3 is 0 Å². The van der Waals surface area contributed by atoms with Crippen molar-refractivity contribution in [1.29, 1.82) is 0 Å². The molecule has 1 aliphatic rings. The summed E-state index contributed by atoms with van der Waals surface area (Å²) in [5.74, 6) is 1.08. The van der Waals surface area contributed by atoms with Crippen molar-refractivity contribution in [1.82, 2.24) is 14.2 Å². The van der Waals surface area contributed by atoms with Crippen LogP contribution in [0.25, 0.3) is 0 Å². The molecule has 0 bridgehead atoms. The Morgan fingerprint density at radius 3 is 2.41 bits per heavy atom. The Kier molecular flexibility index (Phi) is 6.72. The minimum Gasteiger partial charge on any atom is -0.298 e. The number of carbonyl (C=O) groups is 1. The number of anilines is 1. The molecule has 2 aromatic rings. The number of hydrogen-bond donors (Lipinski definition) is 1. The molecule has 0 radical (unpaired) electrons. The van der Waals surface area contributed by atoms with Crippen molar-refractivity contribution in [2.24, 2.45) is 11.8 Å². The van der Waals surface area contributed by atoms with E-state index in [0.29, 0.717) is 22.5 Å². The van der Waals surface area contributed by atoms with Gasteiger partial charge in [0.15, 0.2) is 5.13 Å². The Labute approximate surface area is 176 Å². The molecular weight excluding hydrogens is 408 g/mol. The zero-order valence-corrected chi connectivity index (χ0v) is 18.9. The van der Waals surface area contributed by atoms with Crippen LogP contribution in [-0.2, 0) is 16.6 Å². The van der Waals surface area contributed by atoms with Gasteiger partial charge in [-0.1, -0.05) is 13.8 Å². The lowest BCUT2D eigenvalue weighted by Gasteiger charge is -2.34. The molecule has 158 valence electrons. The number of likely N-dealkylation sites (tertiary alicyclic amines) is 1. The van der Waals surface area contributed by atoms with Crippen molar-refractivity contribution in [2.75, 3.05) is 32.5 Å². The summed E-state index contributed by atoms with van der Waals surface area (Å²) in [6.45, 7) is 7.50. The monoisotopic (exact) mass is 436 g/mol. The predicted octanol–water partition coefficient (Wildman–Crippen LogP) is 3.12. The van der Waals surface area contributed by atoms with Crippen LogP contribution in [0.2, 0.25) is 0 Å². The lowest BCUT2D eigenvalue weighted by atomic mass is 9.92. The third kappa shape index (κ3) is 5.42. The van der Waals surface area contributed by atoms with Gasteiger partial charge in [0.1, 0.15) is 0 Å². The second-order valence-electron chi connectivity index (χ2n) is 8.05. The van der Waals surface area contributed by atoms with E-state index in [1.54, 1.807) is 0 Å². The fraction of sp³-hybridized carbons (Fsp3) is 0.500. The molecule has 1 amide bonds. The lowest BCUT2D eigenvalue weighted by molar-refractivity contribution is 0.102. The maximum atomic E-state index is 12.5. The zero-order valence-electron chi connectivity index (χ0n) is 17.3. The average molecular weight is 437 g/mol. The minimum atomic E-state index is -3.51. The van der Waals surface area contributed by atoms with Gasteiger partial charge in [-0.05, 0) is 42.5 Å². The molecule has 1 aromatic heterocycles. The van der Waals surface area contributed by atoms with Gasteiger partial charge in [0.25, 0.3) is 5.91 Å². The van der Waals surface area contributed by atoms with Gasteiger partial charge in [-0.2, -0.15) is 0 Å². The highest BCUT2D eigenvalue weighted by atomic mass is 32.2. The van der Waals surface area contributed by atoms with Crippen LogP contribution < -0.4 is 5.32 Å².